The average molecular weight is 339 g/mol. The predicted molar refractivity (Wildman–Crippen MR) is 98.6 cm³/mol. The van der Waals surface area contributed by atoms with E-state index in [4.69, 9.17) is 15.3 Å². The molecule has 3 aromatic carbocycles. The third-order valence-electron chi connectivity index (χ3n) is 2.70. The molecule has 0 atom stereocenters. The number of para-hydroxylation sites is 2. The number of phenols is 3. The third-order valence-corrected chi connectivity index (χ3v) is 2.70. The number of hydrogen-bond donors (Lipinski definition) is 4. The van der Waals surface area contributed by atoms with Crippen LogP contribution >= 0.6 is 0 Å². The van der Waals surface area contributed by atoms with Crippen LogP contribution in [-0.2, 0) is 4.79 Å². The summed E-state index contributed by atoms with van der Waals surface area (Å²) in [5, 5.41) is 28.7. The number of nitrogens with one attached hydrogen (secondary N) is 1. The van der Waals surface area contributed by atoms with E-state index in [-0.39, 0.29) is 11.7 Å². The molecule has 0 bridgehead atoms. The summed E-state index contributed by atoms with van der Waals surface area (Å²) in [5.41, 5.74) is 0.690. The van der Waals surface area contributed by atoms with Crippen molar-refractivity contribution in [2.45, 2.75) is 6.92 Å². The molecule has 130 valence electrons. The Bertz CT molecular complexity index is 691. The Labute approximate surface area is 146 Å². The molecule has 0 radical (unpaired) electrons. The second-order valence-corrected chi connectivity index (χ2v) is 4.90. The minimum atomic E-state index is -0.115. The van der Waals surface area contributed by atoms with Gasteiger partial charge in [-0.1, -0.05) is 36.4 Å². The summed E-state index contributed by atoms with van der Waals surface area (Å²) in [6, 6.07) is 23.7. The standard InChI is InChI=1S/C8H9NO2.2C6H6O/c1-6(10)9-7-2-4-8(11)5-3-7;2*7-6-4-2-1-3-5-6/h2-5,11H,1H3,(H,9,10);2*1-5,7H. The van der Waals surface area contributed by atoms with E-state index in [1.54, 1.807) is 60.7 Å². The van der Waals surface area contributed by atoms with Crippen LogP contribution in [0.15, 0.2) is 84.9 Å². The van der Waals surface area contributed by atoms with Crippen LogP contribution in [0.2, 0.25) is 0 Å². The zero-order chi connectivity index (χ0) is 18.5. The molecule has 0 fully saturated rings. The Morgan fingerprint density at radius 2 is 1.00 bits per heavy atom. The molecule has 4 N–H and O–H groups in total. The second kappa shape index (κ2) is 11.1. The number of hydrogen-bond acceptors (Lipinski definition) is 4. The number of carbonyl (C=O) groups is 1. The van der Waals surface area contributed by atoms with Crippen molar-refractivity contribution in [1.82, 2.24) is 0 Å². The van der Waals surface area contributed by atoms with E-state index in [1.165, 1.54) is 19.1 Å². The molecule has 0 aliphatic heterocycles. The van der Waals surface area contributed by atoms with Gasteiger partial charge in [0.05, 0.1) is 0 Å². The normalized spacial score (nSPS) is 8.84. The number of anilines is 1. The lowest BCUT2D eigenvalue weighted by Crippen LogP contribution is -2.04. The molecule has 0 saturated carbocycles. The number of benzene rings is 3. The number of phenolic OH excluding ortho intramolecular Hbond substituents is 3. The summed E-state index contributed by atoms with van der Waals surface area (Å²) in [5.74, 6) is 0.722. The molecule has 0 saturated heterocycles. The first-order valence-corrected chi connectivity index (χ1v) is 7.52. The van der Waals surface area contributed by atoms with Crippen LogP contribution in [0, 0.1) is 0 Å². The maximum Gasteiger partial charge on any atom is 0.221 e. The van der Waals surface area contributed by atoms with E-state index in [2.05, 4.69) is 5.32 Å². The number of amides is 1. The van der Waals surface area contributed by atoms with Crippen molar-refractivity contribution in [2.75, 3.05) is 5.32 Å². The van der Waals surface area contributed by atoms with Gasteiger partial charge < -0.3 is 20.6 Å². The topological polar surface area (TPSA) is 89.8 Å². The summed E-state index contributed by atoms with van der Waals surface area (Å²) in [7, 11) is 0. The van der Waals surface area contributed by atoms with Gasteiger partial charge in [-0.3, -0.25) is 4.79 Å². The van der Waals surface area contributed by atoms with Gasteiger partial charge in [0.2, 0.25) is 5.91 Å². The van der Waals surface area contributed by atoms with Crippen LogP contribution in [0.5, 0.6) is 17.2 Å². The summed E-state index contributed by atoms with van der Waals surface area (Å²) in [4.78, 5) is 10.5. The fraction of sp³-hybridized carbons (Fsp3) is 0.0500. The second-order valence-electron chi connectivity index (χ2n) is 4.90. The first-order chi connectivity index (χ1) is 12.0. The van der Waals surface area contributed by atoms with Gasteiger partial charge in [-0.25, -0.2) is 0 Å². The van der Waals surface area contributed by atoms with E-state index in [1.807, 2.05) is 12.1 Å². The highest BCUT2D eigenvalue weighted by Crippen LogP contribution is 2.13. The van der Waals surface area contributed by atoms with Gasteiger partial charge in [0.1, 0.15) is 17.2 Å². The summed E-state index contributed by atoms with van der Waals surface area (Å²) < 4.78 is 0. The molecule has 3 aromatic rings. The van der Waals surface area contributed by atoms with Crippen LogP contribution in [0.25, 0.3) is 0 Å². The van der Waals surface area contributed by atoms with Crippen LogP contribution < -0.4 is 5.32 Å². The highest BCUT2D eigenvalue weighted by atomic mass is 16.3. The Kier molecular flexibility index (Phi) is 8.71. The van der Waals surface area contributed by atoms with Crippen LogP contribution in [0.3, 0.4) is 0 Å². The molecule has 0 heterocycles. The zero-order valence-corrected chi connectivity index (χ0v) is 13.8. The van der Waals surface area contributed by atoms with Crippen LogP contribution in [0.1, 0.15) is 6.92 Å². The summed E-state index contributed by atoms with van der Waals surface area (Å²) >= 11 is 0. The van der Waals surface area contributed by atoms with E-state index in [0.29, 0.717) is 17.2 Å². The van der Waals surface area contributed by atoms with Gasteiger partial charge in [-0.2, -0.15) is 0 Å². The Hall–Kier alpha value is -3.47. The maximum atomic E-state index is 10.5. The first-order valence-electron chi connectivity index (χ1n) is 7.52. The average Bonchev–Trinajstić information content (AvgIpc) is 2.59. The van der Waals surface area contributed by atoms with Crippen molar-refractivity contribution in [1.29, 1.82) is 0 Å². The van der Waals surface area contributed by atoms with E-state index in [9.17, 15) is 4.79 Å². The Morgan fingerprint density at radius 1 is 0.640 bits per heavy atom. The Balaban J connectivity index is 0.000000195. The molecular formula is C20H21NO4. The van der Waals surface area contributed by atoms with Crippen molar-refractivity contribution in [3.05, 3.63) is 84.9 Å². The van der Waals surface area contributed by atoms with E-state index >= 15 is 0 Å². The lowest BCUT2D eigenvalue weighted by Gasteiger charge is -1.99. The molecule has 0 spiro atoms. The van der Waals surface area contributed by atoms with Gasteiger partial charge >= 0.3 is 0 Å². The van der Waals surface area contributed by atoms with Gasteiger partial charge in [0, 0.05) is 12.6 Å². The largest absolute Gasteiger partial charge is 0.508 e. The molecule has 5 heteroatoms. The lowest BCUT2D eigenvalue weighted by molar-refractivity contribution is -0.114. The van der Waals surface area contributed by atoms with E-state index in [0.717, 1.165) is 0 Å². The summed E-state index contributed by atoms with van der Waals surface area (Å²) in [6.07, 6.45) is 0. The fourth-order valence-electron chi connectivity index (χ4n) is 1.60. The quantitative estimate of drug-likeness (QED) is 0.502. The van der Waals surface area contributed by atoms with Crippen LogP contribution in [-0.4, -0.2) is 21.2 Å². The smallest absolute Gasteiger partial charge is 0.221 e. The van der Waals surface area contributed by atoms with Crippen molar-refractivity contribution < 1.29 is 20.1 Å². The van der Waals surface area contributed by atoms with Gasteiger partial charge in [-0.05, 0) is 48.5 Å². The predicted octanol–water partition coefficient (Wildman–Crippen LogP) is 4.14. The number of carbonyl (C=O) groups excluding carboxylic acids is 1. The molecular weight excluding hydrogens is 318 g/mol. The fourth-order valence-corrected chi connectivity index (χ4v) is 1.60. The monoisotopic (exact) mass is 339 g/mol. The number of rotatable bonds is 1. The zero-order valence-electron chi connectivity index (χ0n) is 13.8. The van der Waals surface area contributed by atoms with Gasteiger partial charge in [-0.15, -0.1) is 0 Å². The van der Waals surface area contributed by atoms with Crippen molar-refractivity contribution >= 4 is 11.6 Å². The molecule has 25 heavy (non-hydrogen) atoms. The maximum absolute atomic E-state index is 10.5. The minimum absolute atomic E-state index is 0.115. The third kappa shape index (κ3) is 10.0. The SMILES string of the molecule is CC(=O)Nc1ccc(O)cc1.Oc1ccccc1.Oc1ccccc1. The van der Waals surface area contributed by atoms with Crippen molar-refractivity contribution in [3.8, 4) is 17.2 Å². The van der Waals surface area contributed by atoms with Gasteiger partial charge in [0.15, 0.2) is 0 Å². The highest BCUT2D eigenvalue weighted by Gasteiger charge is 1.93. The highest BCUT2D eigenvalue weighted by molar-refractivity contribution is 5.88. The van der Waals surface area contributed by atoms with Crippen molar-refractivity contribution in [2.24, 2.45) is 0 Å². The molecule has 3 rings (SSSR count). The molecule has 0 aliphatic rings. The van der Waals surface area contributed by atoms with E-state index < -0.39 is 0 Å². The molecule has 0 aliphatic carbocycles. The molecule has 0 aromatic heterocycles. The lowest BCUT2D eigenvalue weighted by atomic mass is 10.3. The Morgan fingerprint density at radius 3 is 1.28 bits per heavy atom. The molecule has 0 unspecified atom stereocenters. The summed E-state index contributed by atoms with van der Waals surface area (Å²) in [6.45, 7) is 1.44. The van der Waals surface area contributed by atoms with Crippen LogP contribution in [0.4, 0.5) is 5.69 Å². The molecule has 5 nitrogen and oxygen atoms in total. The van der Waals surface area contributed by atoms with Gasteiger partial charge in [0.25, 0.3) is 0 Å². The minimum Gasteiger partial charge on any atom is -0.508 e. The number of aromatic hydroxyl groups is 3. The molecule has 1 amide bonds. The first kappa shape index (κ1) is 19.6. The van der Waals surface area contributed by atoms with Crippen molar-refractivity contribution in [3.63, 3.8) is 0 Å².